The zero-order valence-electron chi connectivity index (χ0n) is 9.88. The molecule has 0 aliphatic carbocycles. The fraction of sp³-hybridized carbons (Fsp3) is 1.00. The van der Waals surface area contributed by atoms with Crippen LogP contribution < -0.4 is 0 Å². The predicted octanol–water partition coefficient (Wildman–Crippen LogP) is -0.650. The van der Waals surface area contributed by atoms with Crippen LogP contribution in [0.4, 0.5) is 0 Å². The summed E-state index contributed by atoms with van der Waals surface area (Å²) in [5, 5.41) is 0. The zero-order chi connectivity index (χ0) is 10.3. The summed E-state index contributed by atoms with van der Waals surface area (Å²) in [4.78, 5) is 4.50. The lowest BCUT2D eigenvalue weighted by atomic mass is 10.4. The third-order valence-electron chi connectivity index (χ3n) is 2.07. The Morgan fingerprint density at radius 2 is 1.31 bits per heavy atom. The molecule has 13 heavy (non-hydrogen) atoms. The van der Waals surface area contributed by atoms with Crippen molar-refractivity contribution in [3.05, 3.63) is 0 Å². The molecule has 4 heteroatoms. The first kappa shape index (κ1) is 13.4. The van der Waals surface area contributed by atoms with Gasteiger partial charge in [-0.05, 0) is 54.2 Å². The first-order valence-electron chi connectivity index (χ1n) is 5.00. The Hall–Kier alpha value is 0.412. The first-order chi connectivity index (χ1) is 6.02. The molecule has 0 amide bonds. The number of likely N-dealkylation sites (N-methyl/N-ethyl adjacent to an activating group) is 1. The summed E-state index contributed by atoms with van der Waals surface area (Å²) in [6.45, 7) is 4.89. The van der Waals surface area contributed by atoms with E-state index in [1.54, 1.807) is 0 Å². The van der Waals surface area contributed by atoms with Crippen LogP contribution in [-0.2, 0) is 0 Å². The second-order valence-electron chi connectivity index (χ2n) is 4.26. The first-order valence-corrected chi connectivity index (χ1v) is 5.90. The summed E-state index contributed by atoms with van der Waals surface area (Å²) < 4.78 is 2.53. The molecule has 0 aromatic carbocycles. The van der Waals surface area contributed by atoms with Gasteiger partial charge in [0.15, 0.2) is 0 Å². The van der Waals surface area contributed by atoms with E-state index in [4.69, 9.17) is 0 Å². The van der Waals surface area contributed by atoms with Crippen LogP contribution in [0.2, 0.25) is 0 Å². The summed E-state index contributed by atoms with van der Waals surface area (Å²) in [7, 11) is 8.54. The maximum Gasteiger partial charge on any atom is 0.321 e. The van der Waals surface area contributed by atoms with Gasteiger partial charge in [-0.2, -0.15) is 0 Å². The van der Waals surface area contributed by atoms with Gasteiger partial charge in [-0.3, -0.25) is 0 Å². The molecule has 0 aliphatic rings. The SMILES string of the molecule is CN(C)CCC[N]([AlH2])CCN(C)C. The molecule has 0 saturated heterocycles. The molecule has 0 saturated carbocycles. The number of hydrogen-bond donors (Lipinski definition) is 0. The van der Waals surface area contributed by atoms with Crippen LogP contribution in [0.5, 0.6) is 0 Å². The minimum absolute atomic E-state index is 1.19. The Morgan fingerprint density at radius 1 is 0.769 bits per heavy atom. The topological polar surface area (TPSA) is 9.72 Å². The lowest BCUT2D eigenvalue weighted by Crippen LogP contribution is -2.31. The van der Waals surface area contributed by atoms with Crippen LogP contribution in [0.15, 0.2) is 0 Å². The Kier molecular flexibility index (Phi) is 8.03. The molecule has 3 nitrogen and oxygen atoms in total. The summed E-state index contributed by atoms with van der Waals surface area (Å²) in [6, 6.07) is 0. The maximum absolute atomic E-state index is 2.53. The van der Waals surface area contributed by atoms with Crippen molar-refractivity contribution in [2.75, 3.05) is 54.4 Å². The molecule has 0 N–H and O–H groups in total. The van der Waals surface area contributed by atoms with Gasteiger partial charge in [0, 0.05) is 6.54 Å². The third kappa shape index (κ3) is 10.3. The fourth-order valence-corrected chi connectivity index (χ4v) is 1.66. The maximum atomic E-state index is 2.53. The Labute approximate surface area is 91.3 Å². The summed E-state index contributed by atoms with van der Waals surface area (Å²) in [5.41, 5.74) is 0. The van der Waals surface area contributed by atoms with Crippen molar-refractivity contribution < 1.29 is 0 Å². The molecular weight excluding hydrogens is 177 g/mol. The van der Waals surface area contributed by atoms with Gasteiger partial charge in [0.05, 0.1) is 0 Å². The van der Waals surface area contributed by atoms with Gasteiger partial charge in [0.2, 0.25) is 0 Å². The minimum Gasteiger partial charge on any atom is -0.389 e. The van der Waals surface area contributed by atoms with Gasteiger partial charge in [-0.25, -0.2) is 0 Å². The van der Waals surface area contributed by atoms with Crippen molar-refractivity contribution >= 4 is 16.5 Å². The monoisotopic (exact) mass is 201 g/mol. The van der Waals surface area contributed by atoms with Crippen molar-refractivity contribution in [2.45, 2.75) is 6.42 Å². The van der Waals surface area contributed by atoms with Crippen LogP contribution in [-0.4, -0.2) is 84.6 Å². The second kappa shape index (κ2) is 7.78. The van der Waals surface area contributed by atoms with Gasteiger partial charge in [-0.1, -0.05) is 0 Å². The van der Waals surface area contributed by atoms with E-state index in [1.165, 1.54) is 49.1 Å². The van der Waals surface area contributed by atoms with Crippen molar-refractivity contribution in [3.8, 4) is 0 Å². The Morgan fingerprint density at radius 3 is 1.77 bits per heavy atom. The highest BCUT2D eigenvalue weighted by Gasteiger charge is 1.98. The van der Waals surface area contributed by atoms with Crippen molar-refractivity contribution in [3.63, 3.8) is 0 Å². The van der Waals surface area contributed by atoms with E-state index in [9.17, 15) is 0 Å². The fourth-order valence-electron chi connectivity index (χ4n) is 1.14. The normalized spacial score (nSPS) is 11.9. The van der Waals surface area contributed by atoms with E-state index in [0.29, 0.717) is 0 Å². The van der Waals surface area contributed by atoms with Crippen LogP contribution in [0.1, 0.15) is 6.42 Å². The molecule has 0 unspecified atom stereocenters. The van der Waals surface area contributed by atoms with Crippen LogP contribution >= 0.6 is 0 Å². The van der Waals surface area contributed by atoms with E-state index in [-0.39, 0.29) is 0 Å². The molecule has 0 aromatic rings. The van der Waals surface area contributed by atoms with E-state index in [1.807, 2.05) is 0 Å². The smallest absolute Gasteiger partial charge is 0.321 e. The van der Waals surface area contributed by atoms with E-state index in [0.717, 1.165) is 0 Å². The highest BCUT2D eigenvalue weighted by molar-refractivity contribution is 6.04. The van der Waals surface area contributed by atoms with Crippen molar-refractivity contribution in [1.29, 1.82) is 0 Å². The van der Waals surface area contributed by atoms with E-state index >= 15 is 0 Å². The molecule has 0 heterocycles. The van der Waals surface area contributed by atoms with Crippen molar-refractivity contribution in [1.82, 2.24) is 13.7 Å². The standard InChI is InChI=1S/C9H22N3.Al.2H/c1-11(2)8-5-6-10-7-9-12(3)4;;;/h5-9H2,1-4H3;;;/q-1;+1;;. The zero-order valence-corrected chi connectivity index (χ0v) is 11.9. The number of rotatable bonds is 7. The van der Waals surface area contributed by atoms with Gasteiger partial charge in [-0.15, -0.1) is 0 Å². The van der Waals surface area contributed by atoms with Crippen LogP contribution in [0.3, 0.4) is 0 Å². The predicted molar refractivity (Wildman–Crippen MR) is 61.8 cm³/mol. The molecule has 0 spiro atoms. The average Bonchev–Trinajstić information content (AvgIpc) is 2.00. The van der Waals surface area contributed by atoms with Gasteiger partial charge in [0.25, 0.3) is 0 Å². The molecule has 0 aromatic heterocycles. The molecule has 0 atom stereocenters. The molecule has 0 fully saturated rings. The highest BCUT2D eigenvalue weighted by Crippen LogP contribution is 1.88. The molecule has 0 bridgehead atoms. The average molecular weight is 201 g/mol. The summed E-state index contributed by atoms with van der Waals surface area (Å²) >= 11 is 1.19. The Balaban J connectivity index is 3.25. The third-order valence-corrected chi connectivity index (χ3v) is 2.97. The molecule has 0 radical (unpaired) electrons. The number of hydrogen-bond acceptors (Lipinski definition) is 3. The minimum atomic E-state index is 1.19. The molecular formula is C9H24AlN3. The quantitative estimate of drug-likeness (QED) is 0.507. The van der Waals surface area contributed by atoms with Crippen LogP contribution in [0, 0.1) is 0 Å². The summed E-state index contributed by atoms with van der Waals surface area (Å²) in [6.07, 6.45) is 1.30. The second-order valence-corrected chi connectivity index (χ2v) is 5.53. The molecule has 0 aliphatic heterocycles. The van der Waals surface area contributed by atoms with Crippen molar-refractivity contribution in [2.24, 2.45) is 0 Å². The Bertz CT molecular complexity index is 117. The van der Waals surface area contributed by atoms with Gasteiger partial charge >= 0.3 is 16.5 Å². The van der Waals surface area contributed by atoms with Crippen LogP contribution in [0.25, 0.3) is 0 Å². The lowest BCUT2D eigenvalue weighted by molar-refractivity contribution is 0.322. The number of nitrogens with zero attached hydrogens (tertiary/aromatic N) is 3. The van der Waals surface area contributed by atoms with Gasteiger partial charge in [0.1, 0.15) is 0 Å². The molecule has 0 rings (SSSR count). The summed E-state index contributed by atoms with van der Waals surface area (Å²) in [5.74, 6) is 0. The van der Waals surface area contributed by atoms with E-state index < -0.39 is 0 Å². The largest absolute Gasteiger partial charge is 0.389 e. The van der Waals surface area contributed by atoms with E-state index in [2.05, 4.69) is 41.9 Å². The lowest BCUT2D eigenvalue weighted by Gasteiger charge is -2.21. The molecule has 78 valence electrons. The van der Waals surface area contributed by atoms with Gasteiger partial charge < -0.3 is 13.7 Å². The highest BCUT2D eigenvalue weighted by atomic mass is 27.1.